The van der Waals surface area contributed by atoms with Gasteiger partial charge in [-0.15, -0.1) is 0 Å². The van der Waals surface area contributed by atoms with Crippen LogP contribution in [0.15, 0.2) is 12.2 Å². The van der Waals surface area contributed by atoms with E-state index in [4.69, 9.17) is 9.47 Å². The van der Waals surface area contributed by atoms with Crippen LogP contribution in [0, 0.1) is 0 Å². The maximum Gasteiger partial charge on any atom is 0.249 e. The molecule has 0 radical (unpaired) electrons. The minimum absolute atomic E-state index is 0.0859. The molecule has 6 unspecified atom stereocenters. The summed E-state index contributed by atoms with van der Waals surface area (Å²) in [6, 6.07) is -1.18. The Balaban J connectivity index is 2.41. The van der Waals surface area contributed by atoms with Gasteiger partial charge in [0.05, 0.1) is 25.4 Å². The van der Waals surface area contributed by atoms with E-state index in [0.717, 1.165) is 38.5 Å². The molecule has 1 fully saturated rings. The summed E-state index contributed by atoms with van der Waals surface area (Å²) in [7, 11) is 0. The number of carbonyl (C=O) groups excluding carboxylic acids is 1. The summed E-state index contributed by atoms with van der Waals surface area (Å²) in [6.45, 7) is 3.42. The van der Waals surface area contributed by atoms with Gasteiger partial charge in [0.15, 0.2) is 6.29 Å². The van der Waals surface area contributed by atoms with Crippen LogP contribution in [-0.2, 0) is 14.3 Å². The summed E-state index contributed by atoms with van der Waals surface area (Å²) in [5.41, 5.74) is 0. The summed E-state index contributed by atoms with van der Waals surface area (Å²) in [4.78, 5) is 13.1. The van der Waals surface area contributed by atoms with Crippen LogP contribution in [0.1, 0.15) is 219 Å². The largest absolute Gasteiger partial charge is 0.394 e. The molecule has 1 saturated heterocycles. The van der Waals surface area contributed by atoms with Gasteiger partial charge in [-0.2, -0.15) is 0 Å². The van der Waals surface area contributed by atoms with Crippen molar-refractivity contribution in [1.82, 2.24) is 5.32 Å². The van der Waals surface area contributed by atoms with E-state index in [2.05, 4.69) is 19.2 Å². The van der Waals surface area contributed by atoms with Crippen LogP contribution >= 0.6 is 0 Å². The first-order valence-corrected chi connectivity index (χ1v) is 24.6. The fourth-order valence-corrected chi connectivity index (χ4v) is 7.98. The van der Waals surface area contributed by atoms with Crippen LogP contribution in [0.5, 0.6) is 0 Å². The molecule has 0 aromatic heterocycles. The zero-order chi connectivity index (χ0) is 43.4. The Bertz CT molecular complexity index is 970. The second-order valence-electron chi connectivity index (χ2n) is 17.5. The van der Waals surface area contributed by atoms with Crippen LogP contribution in [0.4, 0.5) is 0 Å². The van der Waals surface area contributed by atoms with Crippen molar-refractivity contribution in [2.24, 2.45) is 0 Å². The fourth-order valence-electron chi connectivity index (χ4n) is 7.98. The van der Waals surface area contributed by atoms with Crippen molar-refractivity contribution < 1.29 is 50.0 Å². The Morgan fingerprint density at radius 3 is 1.46 bits per heavy atom. The van der Waals surface area contributed by atoms with E-state index in [0.29, 0.717) is 12.8 Å². The molecule has 59 heavy (non-hydrogen) atoms. The molecule has 0 aromatic rings. The molecule has 0 aromatic carbocycles. The molecular formula is C48H93NO10. The van der Waals surface area contributed by atoms with Crippen molar-refractivity contribution in [3.63, 3.8) is 0 Å². The van der Waals surface area contributed by atoms with Crippen LogP contribution in [-0.4, -0.2) is 110 Å². The van der Waals surface area contributed by atoms with Crippen LogP contribution in [0.3, 0.4) is 0 Å². The number of allylic oxidation sites excluding steroid dienone is 1. The third-order valence-corrected chi connectivity index (χ3v) is 12.1. The highest BCUT2D eigenvalue weighted by Crippen LogP contribution is 2.23. The van der Waals surface area contributed by atoms with Crippen LogP contribution in [0.25, 0.3) is 0 Å². The van der Waals surface area contributed by atoms with Gasteiger partial charge < -0.3 is 50.5 Å². The molecule has 350 valence electrons. The van der Waals surface area contributed by atoms with Crippen LogP contribution in [0.2, 0.25) is 0 Å². The lowest BCUT2D eigenvalue weighted by Crippen LogP contribution is -2.60. The van der Waals surface area contributed by atoms with Gasteiger partial charge in [-0.3, -0.25) is 4.79 Å². The van der Waals surface area contributed by atoms with E-state index < -0.39 is 74.2 Å². The SMILES string of the molecule is CCCCCCCCCCCCCCCCCCC/C=C/CC(O)C(=O)NC(CO[C@@H]1OC(CO)[C@@H](O)C(O)C1O)[C@H](O)C(O)CCCCCCCCCCCCCC. The van der Waals surface area contributed by atoms with Crippen molar-refractivity contribution in [3.8, 4) is 0 Å². The van der Waals surface area contributed by atoms with Gasteiger partial charge in [-0.1, -0.05) is 206 Å². The average Bonchev–Trinajstić information content (AvgIpc) is 3.23. The topological polar surface area (TPSA) is 189 Å². The number of ether oxygens (including phenoxy) is 2. The molecule has 1 aliphatic rings. The number of nitrogens with one attached hydrogen (secondary N) is 1. The van der Waals surface area contributed by atoms with Crippen molar-refractivity contribution in [2.45, 2.75) is 274 Å². The molecule has 1 rings (SSSR count). The van der Waals surface area contributed by atoms with E-state index in [1.54, 1.807) is 6.08 Å². The highest BCUT2D eigenvalue weighted by molar-refractivity contribution is 5.81. The van der Waals surface area contributed by atoms with Crippen molar-refractivity contribution >= 4 is 5.91 Å². The van der Waals surface area contributed by atoms with Crippen LogP contribution < -0.4 is 5.32 Å². The Morgan fingerprint density at radius 2 is 1.02 bits per heavy atom. The summed E-state index contributed by atoms with van der Waals surface area (Å²) in [5.74, 6) is -0.744. The number of aliphatic hydroxyl groups excluding tert-OH is 7. The summed E-state index contributed by atoms with van der Waals surface area (Å²) in [5, 5.41) is 75.6. The minimum Gasteiger partial charge on any atom is -0.394 e. The predicted molar refractivity (Wildman–Crippen MR) is 238 cm³/mol. The summed E-state index contributed by atoms with van der Waals surface area (Å²) < 4.78 is 11.1. The standard InChI is InChI=1S/C48H93NO10/c1-3-5-7-9-11-13-15-17-18-19-20-21-22-23-24-26-28-30-32-34-36-41(52)47(57)49-39(38-58-48-46(56)45(55)44(54)42(37-50)59-48)43(53)40(51)35-33-31-29-27-25-16-14-12-10-8-6-4-2/h32,34,39-46,48,50-56H,3-31,33,35-38H2,1-2H3,(H,49,57)/b34-32+/t39?,40?,41?,42?,43-,44+,45?,46?,48+/m0/s1. The highest BCUT2D eigenvalue weighted by Gasteiger charge is 2.44. The molecular weight excluding hydrogens is 751 g/mol. The lowest BCUT2D eigenvalue weighted by molar-refractivity contribution is -0.303. The van der Waals surface area contributed by atoms with Gasteiger partial charge in [0.2, 0.25) is 5.91 Å². The number of aliphatic hydroxyl groups is 7. The first-order valence-electron chi connectivity index (χ1n) is 24.6. The third kappa shape index (κ3) is 28.2. The molecule has 0 saturated carbocycles. The van der Waals surface area contributed by atoms with Gasteiger partial charge in [0, 0.05) is 6.42 Å². The van der Waals surface area contributed by atoms with E-state index in [9.17, 15) is 40.5 Å². The maximum absolute atomic E-state index is 13.1. The van der Waals surface area contributed by atoms with Crippen molar-refractivity contribution in [3.05, 3.63) is 12.2 Å². The first-order chi connectivity index (χ1) is 28.7. The molecule has 1 amide bonds. The van der Waals surface area contributed by atoms with Gasteiger partial charge in [-0.05, 0) is 19.3 Å². The van der Waals surface area contributed by atoms with Crippen molar-refractivity contribution in [1.29, 1.82) is 0 Å². The predicted octanol–water partition coefficient (Wildman–Crippen LogP) is 8.45. The number of unbranched alkanes of at least 4 members (excludes halogenated alkanes) is 28. The van der Waals surface area contributed by atoms with Gasteiger partial charge in [-0.25, -0.2) is 0 Å². The fraction of sp³-hybridized carbons (Fsp3) is 0.938. The monoisotopic (exact) mass is 844 g/mol. The Labute approximate surface area is 360 Å². The molecule has 11 heteroatoms. The number of rotatable bonds is 41. The van der Waals surface area contributed by atoms with Crippen molar-refractivity contribution in [2.75, 3.05) is 13.2 Å². The molecule has 0 spiro atoms. The molecule has 11 nitrogen and oxygen atoms in total. The van der Waals surface area contributed by atoms with Gasteiger partial charge in [0.25, 0.3) is 0 Å². The Hall–Kier alpha value is -1.15. The molecule has 9 atom stereocenters. The third-order valence-electron chi connectivity index (χ3n) is 12.1. The molecule has 8 N–H and O–H groups in total. The maximum atomic E-state index is 13.1. The minimum atomic E-state index is -1.66. The number of hydrogen-bond acceptors (Lipinski definition) is 10. The number of hydrogen-bond donors (Lipinski definition) is 8. The summed E-state index contributed by atoms with van der Waals surface area (Å²) >= 11 is 0. The second-order valence-corrected chi connectivity index (χ2v) is 17.5. The number of carbonyl (C=O) groups is 1. The van der Waals surface area contributed by atoms with E-state index in [1.807, 2.05) is 6.08 Å². The van der Waals surface area contributed by atoms with Gasteiger partial charge >= 0.3 is 0 Å². The zero-order valence-electron chi connectivity index (χ0n) is 37.7. The zero-order valence-corrected chi connectivity index (χ0v) is 37.7. The Morgan fingerprint density at radius 1 is 0.593 bits per heavy atom. The smallest absolute Gasteiger partial charge is 0.249 e. The molecule has 1 heterocycles. The van der Waals surface area contributed by atoms with Gasteiger partial charge in [0.1, 0.15) is 36.6 Å². The average molecular weight is 844 g/mol. The molecule has 0 aliphatic carbocycles. The second kappa shape index (κ2) is 38.5. The lowest BCUT2D eigenvalue weighted by Gasteiger charge is -2.40. The van der Waals surface area contributed by atoms with E-state index in [1.165, 1.54) is 148 Å². The Kier molecular flexibility index (Phi) is 36.5. The summed E-state index contributed by atoms with van der Waals surface area (Å²) in [6.07, 6.45) is 29.9. The van der Waals surface area contributed by atoms with E-state index >= 15 is 0 Å². The highest BCUT2D eigenvalue weighted by atomic mass is 16.7. The quantitative estimate of drug-likeness (QED) is 0.0219. The number of amides is 1. The van der Waals surface area contributed by atoms with E-state index in [-0.39, 0.29) is 6.42 Å². The lowest BCUT2D eigenvalue weighted by atomic mass is 9.98. The molecule has 0 bridgehead atoms. The normalized spacial score (nSPS) is 21.8. The molecule has 1 aliphatic heterocycles. The first kappa shape index (κ1) is 55.9.